The van der Waals surface area contributed by atoms with Crippen molar-refractivity contribution in [3.05, 3.63) is 0 Å². The average molecular weight is 255 g/mol. The summed E-state index contributed by atoms with van der Waals surface area (Å²) in [4.78, 5) is 33.2. The fraction of sp³-hybridized carbons (Fsp3) is 0.750. The second-order valence-electron chi connectivity index (χ2n) is 5.26. The maximum atomic E-state index is 11.8. The molecule has 0 aliphatic heterocycles. The van der Waals surface area contributed by atoms with Crippen molar-refractivity contribution in [2.24, 2.45) is 17.8 Å². The van der Waals surface area contributed by atoms with Crippen molar-refractivity contribution in [2.75, 3.05) is 0 Å². The molecular weight excluding hydrogens is 238 g/mol. The minimum Gasteiger partial charge on any atom is -0.481 e. The second-order valence-corrected chi connectivity index (χ2v) is 5.26. The summed E-state index contributed by atoms with van der Waals surface area (Å²) in [6.45, 7) is 0. The summed E-state index contributed by atoms with van der Waals surface area (Å²) in [6, 6.07) is -1.09. The summed E-state index contributed by atoms with van der Waals surface area (Å²) in [5, 5.41) is 19.9. The van der Waals surface area contributed by atoms with Gasteiger partial charge in [0.25, 0.3) is 0 Å². The van der Waals surface area contributed by atoms with Gasteiger partial charge in [-0.2, -0.15) is 0 Å². The van der Waals surface area contributed by atoms with Gasteiger partial charge in [0.05, 0.1) is 0 Å². The molecule has 6 heteroatoms. The van der Waals surface area contributed by atoms with E-state index in [-0.39, 0.29) is 24.7 Å². The Morgan fingerprint density at radius 1 is 1.11 bits per heavy atom. The Morgan fingerprint density at radius 3 is 2.22 bits per heavy atom. The van der Waals surface area contributed by atoms with E-state index in [0.29, 0.717) is 11.8 Å². The first kappa shape index (κ1) is 12.9. The Balaban J connectivity index is 1.81. The molecule has 2 fully saturated rings. The average Bonchev–Trinajstić information content (AvgIpc) is 2.90. The van der Waals surface area contributed by atoms with E-state index in [2.05, 4.69) is 5.32 Å². The van der Waals surface area contributed by atoms with Gasteiger partial charge in [-0.05, 0) is 37.5 Å². The number of rotatable bonds is 6. The summed E-state index contributed by atoms with van der Waals surface area (Å²) in [5.41, 5.74) is 0. The molecule has 0 aromatic carbocycles. The molecular formula is C12H17NO5. The van der Waals surface area contributed by atoms with Crippen LogP contribution in [0.3, 0.4) is 0 Å². The van der Waals surface area contributed by atoms with Gasteiger partial charge < -0.3 is 15.5 Å². The van der Waals surface area contributed by atoms with Crippen LogP contribution >= 0.6 is 0 Å². The number of fused-ring (bicyclic) bond motifs is 1. The molecule has 2 rings (SSSR count). The normalized spacial score (nSPS) is 30.3. The van der Waals surface area contributed by atoms with Gasteiger partial charge in [-0.15, -0.1) is 0 Å². The Kier molecular flexibility index (Phi) is 3.54. The highest BCUT2D eigenvalue weighted by Gasteiger charge is 2.48. The molecule has 0 heterocycles. The molecule has 2 aliphatic rings. The number of carbonyl (C=O) groups is 3. The first-order chi connectivity index (χ1) is 8.47. The predicted molar refractivity (Wildman–Crippen MR) is 60.8 cm³/mol. The number of carboxylic acid groups (broad SMARTS) is 2. The zero-order chi connectivity index (χ0) is 13.3. The lowest BCUT2D eigenvalue weighted by atomic mass is 10.0. The van der Waals surface area contributed by atoms with E-state index in [4.69, 9.17) is 10.2 Å². The van der Waals surface area contributed by atoms with Gasteiger partial charge in [0.1, 0.15) is 6.04 Å². The quantitative estimate of drug-likeness (QED) is 0.640. The van der Waals surface area contributed by atoms with Crippen molar-refractivity contribution in [1.82, 2.24) is 5.32 Å². The molecule has 0 saturated heterocycles. The van der Waals surface area contributed by atoms with Gasteiger partial charge in [-0.3, -0.25) is 9.59 Å². The molecule has 18 heavy (non-hydrogen) atoms. The van der Waals surface area contributed by atoms with Crippen LogP contribution in [0, 0.1) is 17.8 Å². The zero-order valence-corrected chi connectivity index (χ0v) is 9.96. The summed E-state index contributed by atoms with van der Waals surface area (Å²) in [6.07, 6.45) is 2.57. The number of amides is 1. The Morgan fingerprint density at radius 2 is 1.72 bits per heavy atom. The van der Waals surface area contributed by atoms with Crippen LogP contribution in [-0.4, -0.2) is 34.1 Å². The van der Waals surface area contributed by atoms with Gasteiger partial charge in [-0.1, -0.05) is 0 Å². The molecule has 6 nitrogen and oxygen atoms in total. The lowest BCUT2D eigenvalue weighted by Gasteiger charge is -2.17. The maximum Gasteiger partial charge on any atom is 0.326 e. The largest absolute Gasteiger partial charge is 0.481 e. The zero-order valence-electron chi connectivity index (χ0n) is 9.96. The molecule has 2 saturated carbocycles. The first-order valence-electron chi connectivity index (χ1n) is 6.22. The van der Waals surface area contributed by atoms with Crippen molar-refractivity contribution in [1.29, 1.82) is 0 Å². The van der Waals surface area contributed by atoms with Crippen molar-refractivity contribution < 1.29 is 24.6 Å². The van der Waals surface area contributed by atoms with Crippen LogP contribution in [0.1, 0.15) is 32.1 Å². The van der Waals surface area contributed by atoms with Crippen molar-refractivity contribution in [3.8, 4) is 0 Å². The molecule has 0 radical (unpaired) electrons. The topological polar surface area (TPSA) is 104 Å². The molecule has 2 aliphatic carbocycles. The molecule has 0 aromatic rings. The molecule has 0 bridgehead atoms. The van der Waals surface area contributed by atoms with Crippen LogP contribution in [0.25, 0.3) is 0 Å². The van der Waals surface area contributed by atoms with Crippen LogP contribution in [0.2, 0.25) is 0 Å². The number of carboxylic acids is 2. The highest BCUT2D eigenvalue weighted by atomic mass is 16.4. The molecule has 3 N–H and O–H groups in total. The maximum absolute atomic E-state index is 11.8. The highest BCUT2D eigenvalue weighted by Crippen LogP contribution is 2.54. The minimum absolute atomic E-state index is 0.0734. The van der Waals surface area contributed by atoms with E-state index in [1.165, 1.54) is 6.42 Å². The standard InChI is InChI=1S/C12H17NO5/c14-10(15)2-1-9(12(17)18)13-11(16)8-4-6-3-7(6)5-8/h6-9H,1-5H2,(H,13,16)(H,14,15)(H,17,18)/t6?,7?,8?,9-/m0/s1. The highest BCUT2D eigenvalue weighted by molar-refractivity contribution is 5.85. The van der Waals surface area contributed by atoms with Crippen molar-refractivity contribution in [3.63, 3.8) is 0 Å². The molecule has 0 spiro atoms. The van der Waals surface area contributed by atoms with Gasteiger partial charge in [0.15, 0.2) is 0 Å². The van der Waals surface area contributed by atoms with Crippen LogP contribution < -0.4 is 5.32 Å². The predicted octanol–water partition coefficient (Wildman–Crippen LogP) is 0.467. The molecule has 100 valence electrons. The fourth-order valence-corrected chi connectivity index (χ4v) is 2.74. The monoisotopic (exact) mass is 255 g/mol. The molecule has 0 aromatic heterocycles. The molecule has 2 unspecified atom stereocenters. The first-order valence-corrected chi connectivity index (χ1v) is 6.22. The van der Waals surface area contributed by atoms with E-state index < -0.39 is 18.0 Å². The molecule has 3 atom stereocenters. The van der Waals surface area contributed by atoms with Gasteiger partial charge in [-0.25, -0.2) is 4.79 Å². The lowest BCUT2D eigenvalue weighted by Crippen LogP contribution is -2.43. The number of nitrogens with one attached hydrogen (secondary N) is 1. The third kappa shape index (κ3) is 3.00. The van der Waals surface area contributed by atoms with E-state index in [0.717, 1.165) is 12.8 Å². The number of carbonyl (C=O) groups excluding carboxylic acids is 1. The third-order valence-corrected chi connectivity index (χ3v) is 3.88. The summed E-state index contributed by atoms with van der Waals surface area (Å²) < 4.78 is 0. The Hall–Kier alpha value is -1.59. The van der Waals surface area contributed by atoms with Crippen molar-refractivity contribution >= 4 is 17.8 Å². The smallest absolute Gasteiger partial charge is 0.326 e. The van der Waals surface area contributed by atoms with E-state index in [9.17, 15) is 14.4 Å². The van der Waals surface area contributed by atoms with Crippen LogP contribution in [0.4, 0.5) is 0 Å². The van der Waals surface area contributed by atoms with E-state index in [1.807, 2.05) is 0 Å². The van der Waals surface area contributed by atoms with E-state index >= 15 is 0 Å². The second kappa shape index (κ2) is 4.96. The third-order valence-electron chi connectivity index (χ3n) is 3.88. The fourth-order valence-electron chi connectivity index (χ4n) is 2.74. The van der Waals surface area contributed by atoms with Crippen LogP contribution in [0.5, 0.6) is 0 Å². The number of hydrogen-bond donors (Lipinski definition) is 3. The van der Waals surface area contributed by atoms with Crippen LogP contribution in [0.15, 0.2) is 0 Å². The Bertz CT molecular complexity index is 371. The van der Waals surface area contributed by atoms with Crippen LogP contribution in [-0.2, 0) is 14.4 Å². The Labute approximate surface area is 104 Å². The summed E-state index contributed by atoms with van der Waals surface area (Å²) in [5.74, 6) is -1.24. The van der Waals surface area contributed by atoms with Gasteiger partial charge in [0, 0.05) is 12.3 Å². The van der Waals surface area contributed by atoms with Crippen molar-refractivity contribution in [2.45, 2.75) is 38.1 Å². The van der Waals surface area contributed by atoms with Gasteiger partial charge >= 0.3 is 11.9 Å². The lowest BCUT2D eigenvalue weighted by molar-refractivity contribution is -0.143. The number of hydrogen-bond acceptors (Lipinski definition) is 3. The van der Waals surface area contributed by atoms with Gasteiger partial charge in [0.2, 0.25) is 5.91 Å². The van der Waals surface area contributed by atoms with E-state index in [1.54, 1.807) is 0 Å². The summed E-state index contributed by atoms with van der Waals surface area (Å²) in [7, 11) is 0. The molecule has 1 amide bonds. The SMILES string of the molecule is O=C(O)CC[C@H](NC(=O)C1CC2CC2C1)C(=O)O. The summed E-state index contributed by atoms with van der Waals surface area (Å²) >= 11 is 0. The number of aliphatic carboxylic acids is 2. The minimum atomic E-state index is -1.17.